The third-order valence-corrected chi connectivity index (χ3v) is 6.57. The summed E-state index contributed by atoms with van der Waals surface area (Å²) in [5, 5.41) is 0. The smallest absolute Gasteiger partial charge is 0.243 e. The minimum atomic E-state index is -3.41. The van der Waals surface area contributed by atoms with Crippen LogP contribution in [0.1, 0.15) is 29.5 Å². The zero-order chi connectivity index (χ0) is 17.0. The van der Waals surface area contributed by atoms with Crippen molar-refractivity contribution in [3.63, 3.8) is 0 Å². The van der Waals surface area contributed by atoms with Gasteiger partial charge in [-0.1, -0.05) is 23.8 Å². The molecule has 0 saturated carbocycles. The molecule has 0 radical (unpaired) electrons. The summed E-state index contributed by atoms with van der Waals surface area (Å²) in [7, 11) is -3.41. The normalized spacial score (nSPS) is 17.3. The van der Waals surface area contributed by atoms with Crippen LogP contribution in [0.3, 0.4) is 0 Å². The molecule has 4 nitrogen and oxygen atoms in total. The lowest BCUT2D eigenvalue weighted by Gasteiger charge is -2.31. The zero-order valence-electron chi connectivity index (χ0n) is 14.3. The van der Waals surface area contributed by atoms with Crippen molar-refractivity contribution >= 4 is 10.0 Å². The number of sulfonamides is 1. The Kier molecular flexibility index (Phi) is 6.00. The van der Waals surface area contributed by atoms with Gasteiger partial charge in [0.05, 0.1) is 11.5 Å². The van der Waals surface area contributed by atoms with Crippen LogP contribution in [0.15, 0.2) is 29.7 Å². The van der Waals surface area contributed by atoms with Crippen molar-refractivity contribution in [2.45, 2.75) is 38.5 Å². The van der Waals surface area contributed by atoms with E-state index in [1.165, 1.54) is 0 Å². The molecule has 0 aromatic heterocycles. The van der Waals surface area contributed by atoms with Crippen LogP contribution in [0.5, 0.6) is 0 Å². The molecule has 0 amide bonds. The maximum absolute atomic E-state index is 13.0. The summed E-state index contributed by atoms with van der Waals surface area (Å²) in [6.45, 7) is 11.8. The van der Waals surface area contributed by atoms with Crippen molar-refractivity contribution in [1.29, 1.82) is 0 Å². The molecular formula is C18H27NO3S. The van der Waals surface area contributed by atoms with Gasteiger partial charge in [0.15, 0.2) is 0 Å². The number of nitrogens with zero attached hydrogens (tertiary/aromatic N) is 1. The van der Waals surface area contributed by atoms with Crippen LogP contribution in [-0.4, -0.2) is 39.0 Å². The number of hydrogen-bond acceptors (Lipinski definition) is 3. The summed E-state index contributed by atoms with van der Waals surface area (Å²) in [5.41, 5.74) is 2.76. The van der Waals surface area contributed by atoms with Crippen LogP contribution in [0.25, 0.3) is 0 Å². The minimum absolute atomic E-state index is 0.432. The van der Waals surface area contributed by atoms with Gasteiger partial charge in [0, 0.05) is 19.7 Å². The second-order valence-corrected chi connectivity index (χ2v) is 8.28. The summed E-state index contributed by atoms with van der Waals surface area (Å²) < 4.78 is 33.1. The highest BCUT2D eigenvalue weighted by Gasteiger charge is 2.31. The second-order valence-electron chi connectivity index (χ2n) is 6.40. The van der Waals surface area contributed by atoms with Crippen molar-refractivity contribution in [2.75, 3.05) is 26.3 Å². The van der Waals surface area contributed by atoms with Gasteiger partial charge in [-0.3, -0.25) is 0 Å². The molecule has 0 aliphatic carbocycles. The summed E-state index contributed by atoms with van der Waals surface area (Å²) >= 11 is 0. The van der Waals surface area contributed by atoms with Gasteiger partial charge in [0.2, 0.25) is 10.0 Å². The van der Waals surface area contributed by atoms with E-state index in [4.69, 9.17) is 4.74 Å². The molecule has 1 fully saturated rings. The van der Waals surface area contributed by atoms with Crippen molar-refractivity contribution < 1.29 is 13.2 Å². The molecule has 1 aromatic rings. The first-order chi connectivity index (χ1) is 10.9. The molecule has 23 heavy (non-hydrogen) atoms. The molecule has 1 heterocycles. The number of benzene rings is 1. The van der Waals surface area contributed by atoms with E-state index in [2.05, 4.69) is 6.58 Å². The average molecular weight is 337 g/mol. The van der Waals surface area contributed by atoms with Crippen molar-refractivity contribution in [1.82, 2.24) is 4.31 Å². The fourth-order valence-electron chi connectivity index (χ4n) is 3.34. The van der Waals surface area contributed by atoms with Crippen LogP contribution in [-0.2, 0) is 14.8 Å². The average Bonchev–Trinajstić information content (AvgIpc) is 2.46. The molecule has 0 N–H and O–H groups in total. The zero-order valence-corrected chi connectivity index (χ0v) is 15.2. The minimum Gasteiger partial charge on any atom is -0.377 e. The van der Waals surface area contributed by atoms with Gasteiger partial charge in [-0.05, 0) is 50.7 Å². The Labute approximate surface area is 140 Å². The molecule has 0 spiro atoms. The van der Waals surface area contributed by atoms with Crippen LogP contribution in [0.2, 0.25) is 0 Å². The quantitative estimate of drug-likeness (QED) is 0.591. The molecular weight excluding hydrogens is 310 g/mol. The van der Waals surface area contributed by atoms with Gasteiger partial charge in [0.1, 0.15) is 0 Å². The Morgan fingerprint density at radius 3 is 2.30 bits per heavy atom. The molecule has 5 heteroatoms. The maximum atomic E-state index is 13.0. The summed E-state index contributed by atoms with van der Waals surface area (Å²) in [6.07, 6.45) is 3.43. The fourth-order valence-corrected chi connectivity index (χ4v) is 5.22. The largest absolute Gasteiger partial charge is 0.377 e. The number of rotatable bonds is 6. The van der Waals surface area contributed by atoms with Crippen molar-refractivity contribution in [3.05, 3.63) is 41.5 Å². The maximum Gasteiger partial charge on any atom is 0.243 e. The van der Waals surface area contributed by atoms with Crippen LogP contribution < -0.4 is 0 Å². The van der Waals surface area contributed by atoms with Gasteiger partial charge in [-0.15, -0.1) is 6.58 Å². The van der Waals surface area contributed by atoms with Gasteiger partial charge < -0.3 is 4.74 Å². The predicted molar refractivity (Wildman–Crippen MR) is 93.2 cm³/mol. The molecule has 128 valence electrons. The van der Waals surface area contributed by atoms with E-state index in [1.807, 2.05) is 32.9 Å². The van der Waals surface area contributed by atoms with E-state index in [0.29, 0.717) is 37.1 Å². The first-order valence-electron chi connectivity index (χ1n) is 8.13. The van der Waals surface area contributed by atoms with Gasteiger partial charge in [0.25, 0.3) is 0 Å². The lowest BCUT2D eigenvalue weighted by Crippen LogP contribution is -2.39. The van der Waals surface area contributed by atoms with E-state index in [-0.39, 0.29) is 0 Å². The van der Waals surface area contributed by atoms with E-state index in [0.717, 1.165) is 29.5 Å². The first-order valence-corrected chi connectivity index (χ1v) is 9.57. The van der Waals surface area contributed by atoms with Crippen molar-refractivity contribution in [2.24, 2.45) is 5.92 Å². The van der Waals surface area contributed by atoms with Gasteiger partial charge in [-0.25, -0.2) is 8.42 Å². The van der Waals surface area contributed by atoms with E-state index in [1.54, 1.807) is 10.4 Å². The topological polar surface area (TPSA) is 46.6 Å². The Morgan fingerprint density at radius 1 is 1.22 bits per heavy atom. The van der Waals surface area contributed by atoms with E-state index >= 15 is 0 Å². The van der Waals surface area contributed by atoms with Crippen LogP contribution >= 0.6 is 0 Å². The Balaban J connectivity index is 2.09. The number of ether oxygens (including phenoxy) is 1. The van der Waals surface area contributed by atoms with E-state index < -0.39 is 10.0 Å². The Hall–Kier alpha value is -1.17. The molecule has 0 atom stereocenters. The van der Waals surface area contributed by atoms with E-state index in [9.17, 15) is 8.42 Å². The molecule has 2 rings (SSSR count). The third kappa shape index (κ3) is 4.22. The Bertz CT molecular complexity index is 636. The molecule has 1 aliphatic rings. The fraction of sp³-hybridized carbons (Fsp3) is 0.556. The molecule has 1 aromatic carbocycles. The summed E-state index contributed by atoms with van der Waals surface area (Å²) in [6, 6.07) is 3.88. The molecule has 0 bridgehead atoms. The first kappa shape index (κ1) is 18.2. The predicted octanol–water partition coefficient (Wildman–Crippen LogP) is 3.22. The van der Waals surface area contributed by atoms with Crippen LogP contribution in [0.4, 0.5) is 0 Å². The monoisotopic (exact) mass is 337 g/mol. The van der Waals surface area contributed by atoms with Crippen molar-refractivity contribution in [3.8, 4) is 0 Å². The third-order valence-electron chi connectivity index (χ3n) is 4.37. The lowest BCUT2D eigenvalue weighted by molar-refractivity contribution is 0.0982. The summed E-state index contributed by atoms with van der Waals surface area (Å²) in [5.74, 6) is 0.432. The Morgan fingerprint density at radius 2 is 1.78 bits per heavy atom. The number of hydrogen-bond donors (Lipinski definition) is 0. The van der Waals surface area contributed by atoms with Crippen LogP contribution in [0, 0.1) is 26.7 Å². The van der Waals surface area contributed by atoms with Gasteiger partial charge in [-0.2, -0.15) is 4.31 Å². The number of aryl methyl sites for hydroxylation is 3. The molecule has 0 unspecified atom stereocenters. The SMILES string of the molecule is C=CCOCC1CCN(S(=O)(=O)c2c(C)cc(C)cc2C)CC1. The standard InChI is InChI=1S/C18H27NO3S/c1-5-10-22-13-17-6-8-19(9-7-17)23(20,21)18-15(3)11-14(2)12-16(18)4/h5,11-12,17H,1,6-10,13H2,2-4H3. The second kappa shape index (κ2) is 7.60. The summed E-state index contributed by atoms with van der Waals surface area (Å²) in [4.78, 5) is 0.476. The van der Waals surface area contributed by atoms with Gasteiger partial charge >= 0.3 is 0 Å². The molecule has 1 saturated heterocycles. The highest BCUT2D eigenvalue weighted by molar-refractivity contribution is 7.89. The lowest BCUT2D eigenvalue weighted by atomic mass is 9.99. The highest BCUT2D eigenvalue weighted by atomic mass is 32.2. The highest BCUT2D eigenvalue weighted by Crippen LogP contribution is 2.28. The number of piperidine rings is 1. The molecule has 1 aliphatic heterocycles.